The van der Waals surface area contributed by atoms with Crippen molar-refractivity contribution in [2.75, 3.05) is 0 Å². The molecule has 1 N–H and O–H groups in total. The largest absolute Gasteiger partial charge is 0.352 e. The van der Waals surface area contributed by atoms with E-state index in [4.69, 9.17) is 0 Å². The highest BCUT2D eigenvalue weighted by Crippen LogP contribution is 2.22. The highest BCUT2D eigenvalue weighted by atomic mass is 19.1. The van der Waals surface area contributed by atoms with Crippen LogP contribution in [0, 0.1) is 5.82 Å². The van der Waals surface area contributed by atoms with Crippen LogP contribution in [0.1, 0.15) is 71.1 Å². The van der Waals surface area contributed by atoms with Crippen LogP contribution in [0.25, 0.3) is 0 Å². The molecule has 0 aliphatic heterocycles. The monoisotopic (exact) mass is 440 g/mol. The topological polar surface area (TPSA) is 49.4 Å². The molecule has 0 aliphatic rings. The molecule has 174 valence electrons. The molecule has 2 rings (SSSR count). The van der Waals surface area contributed by atoms with Crippen LogP contribution in [0.2, 0.25) is 0 Å². The number of hydrogen-bond donors (Lipinski definition) is 1. The number of nitrogens with zero attached hydrogens (tertiary/aromatic N) is 1. The maximum atomic E-state index is 13.3. The number of hydrogen-bond acceptors (Lipinski definition) is 2. The van der Waals surface area contributed by atoms with Gasteiger partial charge in [-0.3, -0.25) is 9.59 Å². The number of carbonyl (C=O) groups excluding carboxylic acids is 2. The van der Waals surface area contributed by atoms with Gasteiger partial charge in [-0.25, -0.2) is 4.39 Å². The quantitative estimate of drug-likeness (QED) is 0.568. The first kappa shape index (κ1) is 25.6. The third kappa shape index (κ3) is 7.47. The summed E-state index contributed by atoms with van der Waals surface area (Å²) < 4.78 is 13.3. The molecular formula is C27H37FN2O2. The minimum absolute atomic E-state index is 0.0362. The average Bonchev–Trinajstić information content (AvgIpc) is 2.76. The van der Waals surface area contributed by atoms with E-state index in [1.54, 1.807) is 24.0 Å². The van der Waals surface area contributed by atoms with Crippen molar-refractivity contribution in [2.24, 2.45) is 0 Å². The van der Waals surface area contributed by atoms with Crippen LogP contribution in [0.4, 0.5) is 4.39 Å². The molecule has 0 aliphatic carbocycles. The van der Waals surface area contributed by atoms with E-state index in [9.17, 15) is 14.0 Å². The standard InChI is InChI=1S/C27H37FN2O2/c1-7-19(2)29-26(32)20(3)30(18-22-10-15-24(28)16-11-22)25(31)17-12-21-8-13-23(14-9-21)27(4,5)6/h8-11,13-16,19-20H,7,12,17-18H2,1-6H3,(H,29,32)/t19-,20+/m1/s1. The number of benzene rings is 2. The molecule has 0 unspecified atom stereocenters. The number of rotatable bonds is 9. The number of aryl methyl sites for hydroxylation is 1. The Labute approximate surface area is 192 Å². The first-order valence-corrected chi connectivity index (χ1v) is 11.4. The lowest BCUT2D eigenvalue weighted by molar-refractivity contribution is -0.140. The van der Waals surface area contributed by atoms with Crippen LogP contribution in [-0.4, -0.2) is 28.8 Å². The molecule has 0 saturated carbocycles. The van der Waals surface area contributed by atoms with Gasteiger partial charge in [-0.2, -0.15) is 0 Å². The molecule has 0 heterocycles. The van der Waals surface area contributed by atoms with E-state index in [-0.39, 0.29) is 35.6 Å². The predicted molar refractivity (Wildman–Crippen MR) is 128 cm³/mol. The molecule has 2 amide bonds. The van der Waals surface area contributed by atoms with Gasteiger partial charge in [0.05, 0.1) is 0 Å². The fourth-order valence-electron chi connectivity index (χ4n) is 3.40. The number of nitrogens with one attached hydrogen (secondary N) is 1. The van der Waals surface area contributed by atoms with E-state index >= 15 is 0 Å². The van der Waals surface area contributed by atoms with Gasteiger partial charge in [-0.15, -0.1) is 0 Å². The Morgan fingerprint density at radius 1 is 0.969 bits per heavy atom. The first-order valence-electron chi connectivity index (χ1n) is 11.4. The summed E-state index contributed by atoms with van der Waals surface area (Å²) in [7, 11) is 0. The zero-order chi connectivity index (χ0) is 23.9. The number of halogens is 1. The Bertz CT molecular complexity index is 885. The predicted octanol–water partition coefficient (Wildman–Crippen LogP) is 5.39. The summed E-state index contributed by atoms with van der Waals surface area (Å²) >= 11 is 0. The Kier molecular flexibility index (Phi) is 8.99. The van der Waals surface area contributed by atoms with Crippen LogP contribution in [-0.2, 0) is 28.0 Å². The molecule has 2 aromatic rings. The summed E-state index contributed by atoms with van der Waals surface area (Å²) in [5.74, 6) is -0.599. The molecule has 0 saturated heterocycles. The van der Waals surface area contributed by atoms with Crippen LogP contribution >= 0.6 is 0 Å². The van der Waals surface area contributed by atoms with Gasteiger partial charge in [0, 0.05) is 19.0 Å². The van der Waals surface area contributed by atoms with Gasteiger partial charge in [-0.05, 0) is 60.9 Å². The van der Waals surface area contributed by atoms with Gasteiger partial charge < -0.3 is 10.2 Å². The van der Waals surface area contributed by atoms with Gasteiger partial charge in [0.1, 0.15) is 11.9 Å². The van der Waals surface area contributed by atoms with Crippen molar-refractivity contribution >= 4 is 11.8 Å². The zero-order valence-electron chi connectivity index (χ0n) is 20.2. The zero-order valence-corrected chi connectivity index (χ0v) is 20.2. The third-order valence-corrected chi connectivity index (χ3v) is 5.88. The van der Waals surface area contributed by atoms with Crippen molar-refractivity contribution < 1.29 is 14.0 Å². The van der Waals surface area contributed by atoms with Gasteiger partial charge in [0.25, 0.3) is 0 Å². The number of carbonyl (C=O) groups is 2. The van der Waals surface area contributed by atoms with E-state index in [1.165, 1.54) is 17.7 Å². The summed E-state index contributed by atoms with van der Waals surface area (Å²) in [5.41, 5.74) is 3.21. The molecule has 32 heavy (non-hydrogen) atoms. The second-order valence-corrected chi connectivity index (χ2v) is 9.59. The molecule has 0 fully saturated rings. The Morgan fingerprint density at radius 3 is 2.06 bits per heavy atom. The van der Waals surface area contributed by atoms with E-state index in [0.29, 0.717) is 12.8 Å². The van der Waals surface area contributed by atoms with Crippen LogP contribution < -0.4 is 5.32 Å². The third-order valence-electron chi connectivity index (χ3n) is 5.88. The molecule has 4 nitrogen and oxygen atoms in total. The fraction of sp³-hybridized carbons (Fsp3) is 0.481. The Morgan fingerprint density at radius 2 is 1.53 bits per heavy atom. The van der Waals surface area contributed by atoms with Gasteiger partial charge in [-0.1, -0.05) is 64.1 Å². The summed E-state index contributed by atoms with van der Waals surface area (Å²) in [6, 6.07) is 13.8. The summed E-state index contributed by atoms with van der Waals surface area (Å²) in [6.07, 6.45) is 1.72. The first-order chi connectivity index (χ1) is 15.0. The molecular weight excluding hydrogens is 403 g/mol. The molecule has 2 aromatic carbocycles. The Balaban J connectivity index is 2.13. The maximum Gasteiger partial charge on any atom is 0.242 e. The molecule has 5 heteroatoms. The highest BCUT2D eigenvalue weighted by Gasteiger charge is 2.26. The van der Waals surface area contributed by atoms with E-state index < -0.39 is 6.04 Å². The molecule has 2 atom stereocenters. The van der Waals surface area contributed by atoms with Crippen LogP contribution in [0.5, 0.6) is 0 Å². The van der Waals surface area contributed by atoms with Crippen LogP contribution in [0.3, 0.4) is 0 Å². The van der Waals surface area contributed by atoms with Crippen molar-refractivity contribution in [3.05, 3.63) is 71.0 Å². The lowest BCUT2D eigenvalue weighted by atomic mass is 9.86. The normalized spacial score (nSPS) is 13.3. The molecule has 0 bridgehead atoms. The number of amides is 2. The van der Waals surface area contributed by atoms with E-state index in [0.717, 1.165) is 17.5 Å². The van der Waals surface area contributed by atoms with Crippen molar-refractivity contribution in [1.82, 2.24) is 10.2 Å². The minimum atomic E-state index is -0.621. The van der Waals surface area contributed by atoms with Crippen molar-refractivity contribution in [1.29, 1.82) is 0 Å². The molecule has 0 radical (unpaired) electrons. The summed E-state index contributed by atoms with van der Waals surface area (Å²) in [5, 5.41) is 2.96. The smallest absolute Gasteiger partial charge is 0.242 e. The average molecular weight is 441 g/mol. The van der Waals surface area contributed by atoms with Gasteiger partial charge in [0.2, 0.25) is 11.8 Å². The fourth-order valence-corrected chi connectivity index (χ4v) is 3.40. The lowest BCUT2D eigenvalue weighted by Crippen LogP contribution is -2.49. The van der Waals surface area contributed by atoms with Gasteiger partial charge in [0.15, 0.2) is 0 Å². The maximum absolute atomic E-state index is 13.3. The van der Waals surface area contributed by atoms with Gasteiger partial charge >= 0.3 is 0 Å². The summed E-state index contributed by atoms with van der Waals surface area (Å²) in [6.45, 7) is 12.5. The van der Waals surface area contributed by atoms with Crippen molar-refractivity contribution in [3.8, 4) is 0 Å². The minimum Gasteiger partial charge on any atom is -0.352 e. The van der Waals surface area contributed by atoms with Crippen LogP contribution in [0.15, 0.2) is 48.5 Å². The highest BCUT2D eigenvalue weighted by molar-refractivity contribution is 5.87. The SMILES string of the molecule is CC[C@@H](C)NC(=O)[C@H](C)N(Cc1ccc(F)cc1)C(=O)CCc1ccc(C(C)(C)C)cc1. The van der Waals surface area contributed by atoms with Crippen molar-refractivity contribution in [2.45, 2.75) is 84.8 Å². The van der Waals surface area contributed by atoms with E-state index in [2.05, 4.69) is 50.4 Å². The van der Waals surface area contributed by atoms with E-state index in [1.807, 2.05) is 13.8 Å². The second-order valence-electron chi connectivity index (χ2n) is 9.59. The second kappa shape index (κ2) is 11.3. The lowest BCUT2D eigenvalue weighted by Gasteiger charge is -2.30. The summed E-state index contributed by atoms with van der Waals surface area (Å²) in [4.78, 5) is 27.5. The molecule has 0 aromatic heterocycles. The molecule has 0 spiro atoms. The Hall–Kier alpha value is -2.69. The van der Waals surface area contributed by atoms with Crippen molar-refractivity contribution in [3.63, 3.8) is 0 Å².